The van der Waals surface area contributed by atoms with Gasteiger partial charge < -0.3 is 10.4 Å². The van der Waals surface area contributed by atoms with E-state index in [1.165, 1.54) is 35.4 Å². The van der Waals surface area contributed by atoms with Gasteiger partial charge in [-0.1, -0.05) is 54.1 Å². The minimum Gasteiger partial charge on any atom is -0.475 e. The van der Waals surface area contributed by atoms with Crippen LogP contribution >= 0.6 is 0 Å². The van der Waals surface area contributed by atoms with Gasteiger partial charge in [0.15, 0.2) is 0 Å². The molecule has 0 saturated carbocycles. The van der Waals surface area contributed by atoms with Gasteiger partial charge in [-0.3, -0.25) is 4.99 Å². The first-order valence-corrected chi connectivity index (χ1v) is 10.7. The molecule has 0 aliphatic carbocycles. The Kier molecular flexibility index (Phi) is 8.22. The van der Waals surface area contributed by atoms with Crippen LogP contribution in [0.25, 0.3) is 0 Å². The monoisotopic (exact) mass is 490 g/mol. The SMILES string of the molecule is Cc1cccc(CCC2=N[C@H](c3cccc(F)c3)[C@H](c3cccc(F)c3)N2)c1.O=C(O)C(F)(F)F. The Bertz CT molecular complexity index is 1210. The molecule has 4 rings (SSSR count). The summed E-state index contributed by atoms with van der Waals surface area (Å²) in [5, 5.41) is 10.6. The van der Waals surface area contributed by atoms with Gasteiger partial charge in [-0.2, -0.15) is 13.2 Å². The number of carboxylic acids is 1. The largest absolute Gasteiger partial charge is 0.490 e. The van der Waals surface area contributed by atoms with Gasteiger partial charge in [0.2, 0.25) is 0 Å². The summed E-state index contributed by atoms with van der Waals surface area (Å²) in [6, 6.07) is 20.9. The summed E-state index contributed by atoms with van der Waals surface area (Å²) in [4.78, 5) is 13.7. The van der Waals surface area contributed by atoms with E-state index in [1.807, 2.05) is 12.1 Å². The molecule has 0 aromatic heterocycles. The Morgan fingerprint density at radius 2 is 1.49 bits per heavy atom. The summed E-state index contributed by atoms with van der Waals surface area (Å²) < 4.78 is 59.3. The molecule has 1 aliphatic heterocycles. The zero-order valence-electron chi connectivity index (χ0n) is 18.7. The molecule has 184 valence electrons. The highest BCUT2D eigenvalue weighted by Gasteiger charge is 2.38. The normalized spacial score (nSPS) is 17.1. The van der Waals surface area contributed by atoms with E-state index in [9.17, 15) is 22.0 Å². The maximum atomic E-state index is 13.8. The molecule has 9 heteroatoms. The number of rotatable bonds is 5. The Morgan fingerprint density at radius 3 is 2.06 bits per heavy atom. The molecule has 3 aromatic carbocycles. The molecule has 3 aromatic rings. The van der Waals surface area contributed by atoms with Crippen molar-refractivity contribution < 1.29 is 31.9 Å². The summed E-state index contributed by atoms with van der Waals surface area (Å²) in [6.07, 6.45) is -3.47. The number of aliphatic carboxylic acids is 1. The molecule has 0 amide bonds. The highest BCUT2D eigenvalue weighted by atomic mass is 19.4. The van der Waals surface area contributed by atoms with Crippen LogP contribution in [0.4, 0.5) is 22.0 Å². The van der Waals surface area contributed by atoms with E-state index in [-0.39, 0.29) is 23.7 Å². The van der Waals surface area contributed by atoms with Crippen molar-refractivity contribution in [2.24, 2.45) is 4.99 Å². The number of carboxylic acid groups (broad SMARTS) is 1. The minimum atomic E-state index is -5.08. The van der Waals surface area contributed by atoms with Gasteiger partial charge in [-0.25, -0.2) is 13.6 Å². The maximum Gasteiger partial charge on any atom is 0.490 e. The molecule has 0 spiro atoms. The molecule has 0 bridgehead atoms. The average molecular weight is 490 g/mol. The van der Waals surface area contributed by atoms with Gasteiger partial charge >= 0.3 is 12.1 Å². The van der Waals surface area contributed by atoms with E-state index in [1.54, 1.807) is 12.1 Å². The van der Waals surface area contributed by atoms with E-state index in [0.29, 0.717) is 0 Å². The van der Waals surface area contributed by atoms with E-state index < -0.39 is 12.1 Å². The molecule has 0 fully saturated rings. The third kappa shape index (κ3) is 7.37. The number of nitrogens with one attached hydrogen (secondary N) is 1. The quantitative estimate of drug-likeness (QED) is 0.411. The number of amidine groups is 1. The number of hydrogen-bond donors (Lipinski definition) is 2. The fourth-order valence-electron chi connectivity index (χ4n) is 3.73. The van der Waals surface area contributed by atoms with Crippen LogP contribution in [-0.4, -0.2) is 23.1 Å². The first kappa shape index (κ1) is 25.9. The van der Waals surface area contributed by atoms with Gasteiger partial charge in [0.1, 0.15) is 17.7 Å². The summed E-state index contributed by atoms with van der Waals surface area (Å²) in [6.45, 7) is 2.08. The van der Waals surface area contributed by atoms with Crippen LogP contribution in [0, 0.1) is 18.6 Å². The van der Waals surface area contributed by atoms with Gasteiger partial charge in [0.05, 0.1) is 11.9 Å². The zero-order chi connectivity index (χ0) is 25.6. The zero-order valence-corrected chi connectivity index (χ0v) is 18.7. The van der Waals surface area contributed by atoms with E-state index in [0.717, 1.165) is 29.8 Å². The predicted molar refractivity (Wildman–Crippen MR) is 122 cm³/mol. The molecule has 2 N–H and O–H groups in total. The van der Waals surface area contributed by atoms with Crippen molar-refractivity contribution in [3.05, 3.63) is 107 Å². The topological polar surface area (TPSA) is 61.7 Å². The van der Waals surface area contributed by atoms with Crippen LogP contribution in [0.2, 0.25) is 0 Å². The van der Waals surface area contributed by atoms with Crippen LogP contribution < -0.4 is 5.32 Å². The number of aryl methyl sites for hydroxylation is 2. The third-order valence-corrected chi connectivity index (χ3v) is 5.31. The van der Waals surface area contributed by atoms with Crippen molar-refractivity contribution in [2.45, 2.75) is 38.0 Å². The molecule has 0 saturated heterocycles. The lowest BCUT2D eigenvalue weighted by Gasteiger charge is -2.20. The van der Waals surface area contributed by atoms with Crippen LogP contribution in [-0.2, 0) is 11.2 Å². The minimum absolute atomic E-state index is 0.218. The number of halogens is 5. The summed E-state index contributed by atoms with van der Waals surface area (Å²) in [5.41, 5.74) is 4.07. The first-order valence-electron chi connectivity index (χ1n) is 10.7. The second kappa shape index (κ2) is 11.1. The van der Waals surface area contributed by atoms with Crippen LogP contribution in [0.15, 0.2) is 77.8 Å². The standard InChI is InChI=1S/C24H22F2N2.C2HF3O2/c1-16-5-2-6-17(13-16)11-12-22-27-23(18-7-3-9-20(25)14-18)24(28-22)19-8-4-10-21(26)15-19;3-2(4,5)1(6)7/h2-10,13-15,23-24H,11-12H2,1H3,(H,27,28);(H,6,7)/t23-,24+;. The van der Waals surface area contributed by atoms with Gasteiger partial charge in [0, 0.05) is 6.42 Å². The molecule has 35 heavy (non-hydrogen) atoms. The summed E-state index contributed by atoms with van der Waals surface area (Å²) in [7, 11) is 0. The summed E-state index contributed by atoms with van der Waals surface area (Å²) in [5.74, 6) is -2.47. The maximum absolute atomic E-state index is 13.8. The highest BCUT2D eigenvalue weighted by molar-refractivity contribution is 5.85. The van der Waals surface area contributed by atoms with Crippen molar-refractivity contribution in [3.63, 3.8) is 0 Å². The van der Waals surface area contributed by atoms with Crippen molar-refractivity contribution >= 4 is 11.8 Å². The molecule has 2 atom stereocenters. The molecule has 1 heterocycles. The smallest absolute Gasteiger partial charge is 0.475 e. The number of aliphatic imine (C=N–C) groups is 1. The molecular weight excluding hydrogens is 467 g/mol. The lowest BCUT2D eigenvalue weighted by molar-refractivity contribution is -0.192. The average Bonchev–Trinajstić information content (AvgIpc) is 3.22. The number of benzene rings is 3. The molecule has 1 aliphatic rings. The lowest BCUT2D eigenvalue weighted by Crippen LogP contribution is -2.24. The van der Waals surface area contributed by atoms with E-state index in [4.69, 9.17) is 14.9 Å². The second-order valence-electron chi connectivity index (χ2n) is 8.04. The number of nitrogens with zero attached hydrogens (tertiary/aromatic N) is 1. The lowest BCUT2D eigenvalue weighted by atomic mass is 9.95. The fraction of sp³-hybridized carbons (Fsp3) is 0.231. The second-order valence-corrected chi connectivity index (χ2v) is 8.04. The van der Waals surface area contributed by atoms with Crippen molar-refractivity contribution in [1.29, 1.82) is 0 Å². The van der Waals surface area contributed by atoms with Gasteiger partial charge in [0.25, 0.3) is 0 Å². The Hall–Kier alpha value is -3.75. The Labute approximate surface area is 199 Å². The highest BCUT2D eigenvalue weighted by Crippen LogP contribution is 2.37. The van der Waals surface area contributed by atoms with Gasteiger partial charge in [-0.05, 0) is 54.3 Å². The molecule has 0 radical (unpaired) electrons. The van der Waals surface area contributed by atoms with Crippen molar-refractivity contribution in [3.8, 4) is 0 Å². The molecule has 4 nitrogen and oxygen atoms in total. The predicted octanol–water partition coefficient (Wildman–Crippen LogP) is 6.32. The van der Waals surface area contributed by atoms with Crippen molar-refractivity contribution in [1.82, 2.24) is 5.32 Å². The Morgan fingerprint density at radius 1 is 0.914 bits per heavy atom. The van der Waals surface area contributed by atoms with Crippen LogP contribution in [0.1, 0.15) is 40.8 Å². The van der Waals surface area contributed by atoms with Gasteiger partial charge in [-0.15, -0.1) is 0 Å². The number of alkyl halides is 3. The van der Waals surface area contributed by atoms with Crippen LogP contribution in [0.5, 0.6) is 0 Å². The van der Waals surface area contributed by atoms with Crippen molar-refractivity contribution in [2.75, 3.05) is 0 Å². The molecule has 0 unspecified atom stereocenters. The van der Waals surface area contributed by atoms with E-state index in [2.05, 4.69) is 36.5 Å². The first-order chi connectivity index (χ1) is 16.5. The van der Waals surface area contributed by atoms with E-state index >= 15 is 0 Å². The Balaban J connectivity index is 0.000000429. The molecular formula is C26H23F5N2O2. The number of carbonyl (C=O) groups is 1. The number of hydrogen-bond acceptors (Lipinski definition) is 3. The fourth-order valence-corrected chi connectivity index (χ4v) is 3.73. The third-order valence-electron chi connectivity index (χ3n) is 5.31. The van der Waals surface area contributed by atoms with Crippen LogP contribution in [0.3, 0.4) is 0 Å². The summed E-state index contributed by atoms with van der Waals surface area (Å²) >= 11 is 0.